The Balaban J connectivity index is 1.26. The van der Waals surface area contributed by atoms with E-state index in [2.05, 4.69) is 193 Å². The molecule has 0 amide bonds. The number of fused-ring (bicyclic) bond motifs is 10. The van der Waals surface area contributed by atoms with E-state index in [9.17, 15) is 0 Å². The van der Waals surface area contributed by atoms with E-state index in [1.165, 1.54) is 54.8 Å². The van der Waals surface area contributed by atoms with Crippen LogP contribution in [0, 0.1) is 0 Å². The molecular formula is C49H34N4. The first-order chi connectivity index (χ1) is 26.1. The summed E-state index contributed by atoms with van der Waals surface area (Å²) in [4.78, 5) is 11.0. The van der Waals surface area contributed by atoms with Gasteiger partial charge in [-0.3, -0.25) is 0 Å². The van der Waals surface area contributed by atoms with Crippen LogP contribution in [0.25, 0.3) is 88.9 Å². The highest BCUT2D eigenvalue weighted by atomic mass is 15.0. The van der Waals surface area contributed by atoms with Crippen molar-refractivity contribution < 1.29 is 0 Å². The molecule has 11 rings (SSSR count). The second kappa shape index (κ2) is 11.1. The van der Waals surface area contributed by atoms with Crippen molar-refractivity contribution in [2.24, 2.45) is 0 Å². The molecule has 0 bridgehead atoms. The molecule has 0 fully saturated rings. The zero-order valence-electron chi connectivity index (χ0n) is 29.5. The average Bonchev–Trinajstić information content (AvgIpc) is 3.81. The maximum absolute atomic E-state index is 5.52. The van der Waals surface area contributed by atoms with Gasteiger partial charge < -0.3 is 9.13 Å². The highest BCUT2D eigenvalue weighted by molar-refractivity contribution is 6.26. The topological polar surface area (TPSA) is 35.6 Å². The Labute approximate surface area is 307 Å². The van der Waals surface area contributed by atoms with Gasteiger partial charge in [-0.2, -0.15) is 0 Å². The van der Waals surface area contributed by atoms with Gasteiger partial charge in [-0.1, -0.05) is 141 Å². The summed E-state index contributed by atoms with van der Waals surface area (Å²) in [6, 6.07) is 60.8. The highest BCUT2D eigenvalue weighted by Gasteiger charge is 2.40. The van der Waals surface area contributed by atoms with Gasteiger partial charge >= 0.3 is 0 Å². The van der Waals surface area contributed by atoms with E-state index in [0.29, 0.717) is 0 Å². The Morgan fingerprint density at radius 2 is 1.06 bits per heavy atom. The Morgan fingerprint density at radius 1 is 0.453 bits per heavy atom. The number of benzene rings is 7. The molecule has 10 aromatic rings. The standard InChI is InChI=1S/C49H34N4/c1-49(2)38-25-13-9-22-35(38)46-44(49)45(31-17-5-3-6-18-31)50-48(51-46)37-24-12-16-28-41(37)53-39-26-14-10-21-33(39)34-29-30-42-43(47(34)53)36-23-11-15-27-40(36)52(42)32-19-7-4-8-20-32/h3-30H,1-2H3. The van der Waals surface area contributed by atoms with Crippen LogP contribution in [0.4, 0.5) is 0 Å². The van der Waals surface area contributed by atoms with Crippen molar-refractivity contribution in [2.45, 2.75) is 19.3 Å². The van der Waals surface area contributed by atoms with Gasteiger partial charge in [-0.05, 0) is 48.0 Å². The molecule has 0 saturated carbocycles. The monoisotopic (exact) mass is 678 g/mol. The highest BCUT2D eigenvalue weighted by Crippen LogP contribution is 2.52. The van der Waals surface area contributed by atoms with E-state index in [-0.39, 0.29) is 5.41 Å². The second-order valence-electron chi connectivity index (χ2n) is 14.6. The Kier molecular flexibility index (Phi) is 6.27. The van der Waals surface area contributed by atoms with Crippen LogP contribution in [0.1, 0.15) is 25.0 Å². The predicted molar refractivity (Wildman–Crippen MR) is 219 cm³/mol. The van der Waals surface area contributed by atoms with Crippen LogP contribution in [-0.4, -0.2) is 19.1 Å². The van der Waals surface area contributed by atoms with Crippen molar-refractivity contribution in [3.8, 4) is 45.3 Å². The predicted octanol–water partition coefficient (Wildman–Crippen LogP) is 12.3. The van der Waals surface area contributed by atoms with Crippen LogP contribution in [0.15, 0.2) is 170 Å². The van der Waals surface area contributed by atoms with Gasteiger partial charge in [0.25, 0.3) is 0 Å². The molecule has 0 aliphatic heterocycles. The van der Waals surface area contributed by atoms with Crippen LogP contribution in [-0.2, 0) is 5.41 Å². The lowest BCUT2D eigenvalue weighted by Gasteiger charge is -2.24. The molecule has 250 valence electrons. The number of rotatable bonds is 4. The van der Waals surface area contributed by atoms with Gasteiger partial charge in [-0.15, -0.1) is 0 Å². The molecule has 1 aliphatic rings. The molecular weight excluding hydrogens is 645 g/mol. The minimum Gasteiger partial charge on any atom is -0.309 e. The number of hydrogen-bond donors (Lipinski definition) is 0. The van der Waals surface area contributed by atoms with Crippen molar-refractivity contribution >= 4 is 43.6 Å². The molecule has 4 heteroatoms. The van der Waals surface area contributed by atoms with Crippen molar-refractivity contribution in [3.05, 3.63) is 181 Å². The summed E-state index contributed by atoms with van der Waals surface area (Å²) in [5.41, 5.74) is 14.3. The van der Waals surface area contributed by atoms with Crippen LogP contribution >= 0.6 is 0 Å². The lowest BCUT2D eigenvalue weighted by molar-refractivity contribution is 0.658. The van der Waals surface area contributed by atoms with E-state index >= 15 is 0 Å². The summed E-state index contributed by atoms with van der Waals surface area (Å²) in [7, 11) is 0. The normalized spacial score (nSPS) is 13.2. The molecule has 0 saturated heterocycles. The molecule has 4 nitrogen and oxygen atoms in total. The van der Waals surface area contributed by atoms with Crippen LogP contribution < -0.4 is 0 Å². The Morgan fingerprint density at radius 3 is 1.85 bits per heavy atom. The summed E-state index contributed by atoms with van der Waals surface area (Å²) < 4.78 is 4.85. The van der Waals surface area contributed by atoms with Gasteiger partial charge in [0.15, 0.2) is 5.82 Å². The van der Waals surface area contributed by atoms with Crippen molar-refractivity contribution in [1.29, 1.82) is 0 Å². The summed E-state index contributed by atoms with van der Waals surface area (Å²) in [6.07, 6.45) is 0. The zero-order valence-corrected chi connectivity index (χ0v) is 29.5. The molecule has 3 aromatic heterocycles. The number of hydrogen-bond acceptors (Lipinski definition) is 2. The van der Waals surface area contributed by atoms with Gasteiger partial charge in [-0.25, -0.2) is 9.97 Å². The van der Waals surface area contributed by atoms with Crippen molar-refractivity contribution in [2.75, 3.05) is 0 Å². The van der Waals surface area contributed by atoms with Crippen LogP contribution in [0.2, 0.25) is 0 Å². The fourth-order valence-corrected chi connectivity index (χ4v) is 9.01. The maximum Gasteiger partial charge on any atom is 0.162 e. The summed E-state index contributed by atoms with van der Waals surface area (Å²) in [5.74, 6) is 0.718. The molecule has 0 N–H and O–H groups in total. The molecule has 0 atom stereocenters. The molecule has 7 aromatic carbocycles. The summed E-state index contributed by atoms with van der Waals surface area (Å²) in [5, 5.41) is 4.88. The Hall–Kier alpha value is -6.78. The quantitative estimate of drug-likeness (QED) is 0.186. The SMILES string of the molecule is CC1(C)c2ccccc2-c2nc(-c3ccccc3-n3c4ccccc4c4ccc5c(c6ccccc6n5-c5ccccc5)c43)nc(-c3ccccc3)c21. The van der Waals surface area contributed by atoms with E-state index in [0.717, 1.165) is 45.2 Å². The van der Waals surface area contributed by atoms with E-state index in [1.807, 2.05) is 0 Å². The maximum atomic E-state index is 5.52. The lowest BCUT2D eigenvalue weighted by atomic mass is 9.81. The number of para-hydroxylation sites is 4. The lowest BCUT2D eigenvalue weighted by Crippen LogP contribution is -2.17. The van der Waals surface area contributed by atoms with E-state index < -0.39 is 0 Å². The largest absolute Gasteiger partial charge is 0.309 e. The van der Waals surface area contributed by atoms with E-state index in [4.69, 9.17) is 9.97 Å². The molecule has 1 aliphatic carbocycles. The first-order valence-electron chi connectivity index (χ1n) is 18.3. The average molecular weight is 679 g/mol. The molecule has 53 heavy (non-hydrogen) atoms. The van der Waals surface area contributed by atoms with Gasteiger partial charge in [0.05, 0.1) is 39.1 Å². The van der Waals surface area contributed by atoms with Crippen molar-refractivity contribution in [1.82, 2.24) is 19.1 Å². The molecule has 0 radical (unpaired) electrons. The molecule has 0 spiro atoms. The smallest absolute Gasteiger partial charge is 0.162 e. The Bertz CT molecular complexity index is 3080. The van der Waals surface area contributed by atoms with Crippen molar-refractivity contribution in [3.63, 3.8) is 0 Å². The summed E-state index contributed by atoms with van der Waals surface area (Å²) in [6.45, 7) is 4.60. The van der Waals surface area contributed by atoms with Gasteiger partial charge in [0.1, 0.15) is 0 Å². The van der Waals surface area contributed by atoms with Gasteiger partial charge in [0, 0.05) is 54.9 Å². The summed E-state index contributed by atoms with van der Waals surface area (Å²) >= 11 is 0. The molecule has 0 unspecified atom stereocenters. The van der Waals surface area contributed by atoms with Gasteiger partial charge in [0.2, 0.25) is 0 Å². The molecule has 3 heterocycles. The van der Waals surface area contributed by atoms with Crippen LogP contribution in [0.3, 0.4) is 0 Å². The second-order valence-corrected chi connectivity index (χ2v) is 14.6. The first kappa shape index (κ1) is 29.9. The fourth-order valence-electron chi connectivity index (χ4n) is 9.01. The fraction of sp³-hybridized carbons (Fsp3) is 0.0612. The number of nitrogens with zero attached hydrogens (tertiary/aromatic N) is 4. The minimum atomic E-state index is -0.249. The van der Waals surface area contributed by atoms with Crippen LogP contribution in [0.5, 0.6) is 0 Å². The third-order valence-electron chi connectivity index (χ3n) is 11.3. The zero-order chi connectivity index (χ0) is 35.3. The first-order valence-corrected chi connectivity index (χ1v) is 18.3. The van der Waals surface area contributed by atoms with E-state index in [1.54, 1.807) is 0 Å². The third kappa shape index (κ3) is 4.18. The number of aromatic nitrogens is 4. The minimum absolute atomic E-state index is 0.249. The third-order valence-corrected chi connectivity index (χ3v) is 11.3.